The van der Waals surface area contributed by atoms with Crippen molar-refractivity contribution in [1.29, 1.82) is 0 Å². The van der Waals surface area contributed by atoms with Crippen molar-refractivity contribution in [1.82, 2.24) is 0 Å². The van der Waals surface area contributed by atoms with E-state index in [9.17, 15) is 14.9 Å². The van der Waals surface area contributed by atoms with Crippen LogP contribution in [0.15, 0.2) is 48.5 Å². The van der Waals surface area contributed by atoms with Crippen LogP contribution in [0.2, 0.25) is 0 Å². The zero-order chi connectivity index (χ0) is 17.7. The standard InChI is InChI=1S/C18H20N2O4/c1-13(16-6-4-5-7-17(16)24-3)12-18(21)19(2)14-8-10-15(11-9-14)20(22)23/h4-11,13H,12H2,1-3H3/t13-/m0/s1. The molecule has 0 aromatic heterocycles. The summed E-state index contributed by atoms with van der Waals surface area (Å²) < 4.78 is 5.34. The Bertz CT molecular complexity index is 728. The van der Waals surface area contributed by atoms with Gasteiger partial charge in [0.05, 0.1) is 12.0 Å². The number of benzene rings is 2. The van der Waals surface area contributed by atoms with Gasteiger partial charge in [-0.25, -0.2) is 0 Å². The summed E-state index contributed by atoms with van der Waals surface area (Å²) in [5.74, 6) is 0.687. The molecular weight excluding hydrogens is 308 g/mol. The van der Waals surface area contributed by atoms with Crippen LogP contribution in [0.3, 0.4) is 0 Å². The van der Waals surface area contributed by atoms with Crippen LogP contribution < -0.4 is 9.64 Å². The lowest BCUT2D eigenvalue weighted by molar-refractivity contribution is -0.384. The van der Waals surface area contributed by atoms with Crippen LogP contribution in [-0.2, 0) is 4.79 Å². The lowest BCUT2D eigenvalue weighted by Crippen LogP contribution is -2.27. The Hall–Kier alpha value is -2.89. The molecule has 0 aliphatic rings. The molecule has 0 aliphatic heterocycles. The summed E-state index contributed by atoms with van der Waals surface area (Å²) in [7, 11) is 3.27. The van der Waals surface area contributed by atoms with Crippen LogP contribution in [0.4, 0.5) is 11.4 Å². The van der Waals surface area contributed by atoms with E-state index in [4.69, 9.17) is 4.74 Å². The van der Waals surface area contributed by atoms with Crippen LogP contribution in [0.5, 0.6) is 5.75 Å². The van der Waals surface area contributed by atoms with Gasteiger partial charge in [-0.3, -0.25) is 14.9 Å². The van der Waals surface area contributed by atoms with E-state index < -0.39 is 4.92 Å². The fourth-order valence-corrected chi connectivity index (χ4v) is 2.52. The van der Waals surface area contributed by atoms with Gasteiger partial charge in [0.25, 0.3) is 5.69 Å². The maximum Gasteiger partial charge on any atom is 0.269 e. The largest absolute Gasteiger partial charge is 0.496 e. The number of methoxy groups -OCH3 is 1. The predicted octanol–water partition coefficient (Wildman–Crippen LogP) is 3.76. The third kappa shape index (κ3) is 3.90. The van der Waals surface area contributed by atoms with Crippen LogP contribution in [0.1, 0.15) is 24.8 Å². The average Bonchev–Trinajstić information content (AvgIpc) is 2.60. The fraction of sp³-hybridized carbons (Fsp3) is 0.278. The van der Waals surface area contributed by atoms with Gasteiger partial charge >= 0.3 is 0 Å². The van der Waals surface area contributed by atoms with Gasteiger partial charge in [0.2, 0.25) is 5.91 Å². The summed E-state index contributed by atoms with van der Waals surface area (Å²) in [5, 5.41) is 10.7. The molecular formula is C18H20N2O4. The van der Waals surface area contributed by atoms with Crippen LogP contribution >= 0.6 is 0 Å². The van der Waals surface area contributed by atoms with Gasteiger partial charge in [-0.2, -0.15) is 0 Å². The second-order valence-corrected chi connectivity index (χ2v) is 5.57. The molecule has 0 fully saturated rings. The van der Waals surface area contributed by atoms with Gasteiger partial charge in [-0.15, -0.1) is 0 Å². The van der Waals surface area contributed by atoms with Crippen LogP contribution in [0, 0.1) is 10.1 Å². The minimum Gasteiger partial charge on any atom is -0.496 e. The molecule has 2 rings (SSSR count). The first-order valence-corrected chi connectivity index (χ1v) is 7.58. The van der Waals surface area contributed by atoms with Crippen molar-refractivity contribution in [3.8, 4) is 5.75 Å². The molecule has 2 aromatic carbocycles. The first-order valence-electron chi connectivity index (χ1n) is 7.58. The number of ether oxygens (including phenoxy) is 1. The van der Waals surface area contributed by atoms with E-state index >= 15 is 0 Å². The number of rotatable bonds is 6. The van der Waals surface area contributed by atoms with Crippen molar-refractivity contribution in [2.24, 2.45) is 0 Å². The van der Waals surface area contributed by atoms with Crippen molar-refractivity contribution in [3.05, 3.63) is 64.2 Å². The van der Waals surface area contributed by atoms with E-state index in [0.717, 1.165) is 11.3 Å². The van der Waals surface area contributed by atoms with Crippen molar-refractivity contribution in [3.63, 3.8) is 0 Å². The Morgan fingerprint density at radius 3 is 2.42 bits per heavy atom. The number of anilines is 1. The molecule has 0 aliphatic carbocycles. The highest BCUT2D eigenvalue weighted by Gasteiger charge is 2.19. The minimum absolute atomic E-state index is 0.00184. The van der Waals surface area contributed by atoms with Gasteiger partial charge in [-0.05, 0) is 29.7 Å². The smallest absolute Gasteiger partial charge is 0.269 e. The molecule has 0 N–H and O–H groups in total. The molecule has 1 amide bonds. The number of non-ortho nitro benzene ring substituents is 1. The van der Waals surface area contributed by atoms with E-state index in [0.29, 0.717) is 12.1 Å². The number of amides is 1. The van der Waals surface area contributed by atoms with E-state index in [1.807, 2.05) is 31.2 Å². The van der Waals surface area contributed by atoms with Crippen molar-refractivity contribution >= 4 is 17.3 Å². The predicted molar refractivity (Wildman–Crippen MR) is 92.5 cm³/mol. The number of para-hydroxylation sites is 1. The van der Waals surface area contributed by atoms with Gasteiger partial charge in [0.1, 0.15) is 5.75 Å². The second kappa shape index (κ2) is 7.59. The zero-order valence-corrected chi connectivity index (χ0v) is 13.9. The fourth-order valence-electron chi connectivity index (χ4n) is 2.52. The number of nitro benzene ring substituents is 1. The number of carbonyl (C=O) groups is 1. The first kappa shape index (κ1) is 17.5. The lowest BCUT2D eigenvalue weighted by atomic mass is 9.96. The molecule has 24 heavy (non-hydrogen) atoms. The lowest BCUT2D eigenvalue weighted by Gasteiger charge is -2.21. The molecule has 0 heterocycles. The summed E-state index contributed by atoms with van der Waals surface area (Å²) in [6.07, 6.45) is 0.313. The highest BCUT2D eigenvalue weighted by Crippen LogP contribution is 2.29. The monoisotopic (exact) mass is 328 g/mol. The molecule has 1 atom stereocenters. The summed E-state index contributed by atoms with van der Waals surface area (Å²) in [6.45, 7) is 1.97. The summed E-state index contributed by atoms with van der Waals surface area (Å²) in [6, 6.07) is 13.6. The Morgan fingerprint density at radius 2 is 1.83 bits per heavy atom. The van der Waals surface area contributed by atoms with Gasteiger partial charge in [-0.1, -0.05) is 25.1 Å². The third-order valence-electron chi connectivity index (χ3n) is 3.97. The maximum atomic E-state index is 12.5. The van der Waals surface area contributed by atoms with E-state index in [-0.39, 0.29) is 17.5 Å². The molecule has 0 spiro atoms. The van der Waals surface area contributed by atoms with Crippen LogP contribution in [-0.4, -0.2) is 25.0 Å². The molecule has 0 saturated carbocycles. The molecule has 2 aromatic rings. The van der Waals surface area contributed by atoms with Crippen molar-refractivity contribution in [2.75, 3.05) is 19.1 Å². The second-order valence-electron chi connectivity index (χ2n) is 5.57. The zero-order valence-electron chi connectivity index (χ0n) is 13.9. The molecule has 126 valence electrons. The molecule has 0 bridgehead atoms. The molecule has 6 nitrogen and oxygen atoms in total. The number of nitro groups is 1. The molecule has 0 radical (unpaired) electrons. The van der Waals surface area contributed by atoms with E-state index in [2.05, 4.69) is 0 Å². The van der Waals surface area contributed by atoms with Crippen molar-refractivity contribution in [2.45, 2.75) is 19.3 Å². The highest BCUT2D eigenvalue weighted by atomic mass is 16.6. The first-order chi connectivity index (χ1) is 11.4. The SMILES string of the molecule is COc1ccccc1[C@@H](C)CC(=O)N(C)c1ccc([N+](=O)[O-])cc1. The molecule has 6 heteroatoms. The van der Waals surface area contributed by atoms with Gasteiger partial charge in [0, 0.05) is 31.3 Å². The molecule has 0 unspecified atom stereocenters. The van der Waals surface area contributed by atoms with Gasteiger partial charge in [0.15, 0.2) is 0 Å². The quantitative estimate of drug-likeness (QED) is 0.598. The van der Waals surface area contributed by atoms with E-state index in [1.54, 1.807) is 26.3 Å². The van der Waals surface area contributed by atoms with Crippen LogP contribution in [0.25, 0.3) is 0 Å². The summed E-state index contributed by atoms with van der Waals surface area (Å²) >= 11 is 0. The topological polar surface area (TPSA) is 72.7 Å². The maximum absolute atomic E-state index is 12.5. The Kier molecular flexibility index (Phi) is 5.52. The molecule has 0 saturated heterocycles. The van der Waals surface area contributed by atoms with Crippen molar-refractivity contribution < 1.29 is 14.5 Å². The highest BCUT2D eigenvalue weighted by molar-refractivity contribution is 5.93. The Balaban J connectivity index is 2.09. The number of nitrogens with zero attached hydrogens (tertiary/aromatic N) is 2. The Morgan fingerprint density at radius 1 is 1.21 bits per heavy atom. The minimum atomic E-state index is -0.463. The average molecular weight is 328 g/mol. The number of hydrogen-bond acceptors (Lipinski definition) is 4. The van der Waals surface area contributed by atoms with Gasteiger partial charge < -0.3 is 9.64 Å². The normalized spacial score (nSPS) is 11.6. The summed E-state index contributed by atoms with van der Waals surface area (Å²) in [5.41, 5.74) is 1.60. The van der Waals surface area contributed by atoms with E-state index in [1.165, 1.54) is 17.0 Å². The number of carbonyl (C=O) groups excluding carboxylic acids is 1. The Labute approximate surface area is 140 Å². The third-order valence-corrected chi connectivity index (χ3v) is 3.97. The summed E-state index contributed by atoms with van der Waals surface area (Å²) in [4.78, 5) is 24.2. The number of hydrogen-bond donors (Lipinski definition) is 0.